The maximum Gasteiger partial charge on any atom is 0.0960 e. The van der Waals surface area contributed by atoms with E-state index in [-0.39, 0.29) is 5.88 Å². The van der Waals surface area contributed by atoms with Crippen LogP contribution >= 0.6 is 11.6 Å². The van der Waals surface area contributed by atoms with Gasteiger partial charge in [-0.05, 0) is 20.8 Å². The van der Waals surface area contributed by atoms with E-state index in [9.17, 15) is 5.11 Å². The van der Waals surface area contributed by atoms with Crippen molar-refractivity contribution in [3.05, 3.63) is 17.0 Å². The summed E-state index contributed by atoms with van der Waals surface area (Å²) < 4.78 is 1.88. The Kier molecular flexibility index (Phi) is 3.33. The van der Waals surface area contributed by atoms with Crippen molar-refractivity contribution < 1.29 is 5.11 Å². The Bertz CT molecular complexity index is 296. The fourth-order valence-corrected chi connectivity index (χ4v) is 1.73. The standard InChI is InChI=1S/C9H15ClN2O/c1-4-12-7(3)9(6(2)11-12)8(13)5-10/h8,13H,4-5H2,1-3H3/t8-/m0/s1. The number of aromatic nitrogens is 2. The van der Waals surface area contributed by atoms with Crippen molar-refractivity contribution in [1.82, 2.24) is 9.78 Å². The van der Waals surface area contributed by atoms with Crippen LogP contribution in [-0.4, -0.2) is 20.8 Å². The largest absolute Gasteiger partial charge is 0.387 e. The van der Waals surface area contributed by atoms with Gasteiger partial charge in [-0.2, -0.15) is 5.10 Å². The second kappa shape index (κ2) is 4.11. The first-order valence-electron chi connectivity index (χ1n) is 4.39. The van der Waals surface area contributed by atoms with Crippen molar-refractivity contribution in [2.75, 3.05) is 5.88 Å². The molecule has 0 aliphatic carbocycles. The lowest BCUT2D eigenvalue weighted by molar-refractivity contribution is 0.201. The highest BCUT2D eigenvalue weighted by molar-refractivity contribution is 6.18. The normalized spacial score (nSPS) is 13.3. The molecule has 0 bridgehead atoms. The first-order valence-corrected chi connectivity index (χ1v) is 4.93. The third kappa shape index (κ3) is 1.86. The van der Waals surface area contributed by atoms with Gasteiger partial charge in [0.05, 0.1) is 17.7 Å². The predicted octanol–water partition coefficient (Wildman–Crippen LogP) is 1.79. The first kappa shape index (κ1) is 10.5. The highest BCUT2D eigenvalue weighted by atomic mass is 35.5. The summed E-state index contributed by atoms with van der Waals surface area (Å²) in [5, 5.41) is 13.9. The molecular weight excluding hydrogens is 188 g/mol. The fourth-order valence-electron chi connectivity index (χ4n) is 1.58. The lowest BCUT2D eigenvalue weighted by Gasteiger charge is -2.07. The molecule has 0 saturated heterocycles. The molecule has 1 rings (SSSR count). The van der Waals surface area contributed by atoms with Gasteiger partial charge in [0.1, 0.15) is 0 Å². The summed E-state index contributed by atoms with van der Waals surface area (Å²) in [5.41, 5.74) is 2.75. The Hall–Kier alpha value is -0.540. The van der Waals surface area contributed by atoms with Crippen molar-refractivity contribution in [2.24, 2.45) is 0 Å². The van der Waals surface area contributed by atoms with Crippen LogP contribution in [0.2, 0.25) is 0 Å². The van der Waals surface area contributed by atoms with Crippen molar-refractivity contribution in [1.29, 1.82) is 0 Å². The Morgan fingerprint density at radius 3 is 2.54 bits per heavy atom. The minimum Gasteiger partial charge on any atom is -0.387 e. The van der Waals surface area contributed by atoms with E-state index >= 15 is 0 Å². The van der Waals surface area contributed by atoms with E-state index in [4.69, 9.17) is 11.6 Å². The quantitative estimate of drug-likeness (QED) is 0.759. The number of hydrogen-bond acceptors (Lipinski definition) is 2. The maximum atomic E-state index is 9.61. The number of aryl methyl sites for hydroxylation is 2. The summed E-state index contributed by atoms with van der Waals surface area (Å²) in [6.45, 7) is 6.69. The van der Waals surface area contributed by atoms with E-state index in [0.717, 1.165) is 23.5 Å². The molecule has 74 valence electrons. The minimum absolute atomic E-state index is 0.219. The summed E-state index contributed by atoms with van der Waals surface area (Å²) in [6.07, 6.45) is -0.595. The lowest BCUT2D eigenvalue weighted by Crippen LogP contribution is -2.03. The van der Waals surface area contributed by atoms with Crippen molar-refractivity contribution >= 4 is 11.6 Å². The lowest BCUT2D eigenvalue weighted by atomic mass is 10.1. The summed E-state index contributed by atoms with van der Waals surface area (Å²) in [4.78, 5) is 0. The van der Waals surface area contributed by atoms with Gasteiger partial charge in [0.15, 0.2) is 0 Å². The van der Waals surface area contributed by atoms with Crippen molar-refractivity contribution in [2.45, 2.75) is 33.4 Å². The third-order valence-corrected chi connectivity index (χ3v) is 2.51. The number of aliphatic hydroxyl groups excluding tert-OH is 1. The number of rotatable bonds is 3. The van der Waals surface area contributed by atoms with Crippen LogP contribution in [0.1, 0.15) is 30.0 Å². The zero-order valence-electron chi connectivity index (χ0n) is 8.21. The van der Waals surface area contributed by atoms with Crippen LogP contribution in [0.3, 0.4) is 0 Å². The Morgan fingerprint density at radius 2 is 2.15 bits per heavy atom. The number of halogens is 1. The number of aliphatic hydroxyl groups is 1. The predicted molar refractivity (Wildman–Crippen MR) is 53.1 cm³/mol. The van der Waals surface area contributed by atoms with Crippen molar-refractivity contribution in [3.8, 4) is 0 Å². The van der Waals surface area contributed by atoms with E-state index < -0.39 is 6.10 Å². The van der Waals surface area contributed by atoms with Gasteiger partial charge in [0.25, 0.3) is 0 Å². The van der Waals surface area contributed by atoms with Crippen LogP contribution in [0.25, 0.3) is 0 Å². The van der Waals surface area contributed by atoms with Gasteiger partial charge in [-0.15, -0.1) is 11.6 Å². The van der Waals surface area contributed by atoms with Crippen LogP contribution in [0.15, 0.2) is 0 Å². The summed E-state index contributed by atoms with van der Waals surface area (Å²) in [6, 6.07) is 0. The van der Waals surface area contributed by atoms with E-state index in [1.807, 2.05) is 25.5 Å². The average molecular weight is 203 g/mol. The van der Waals surface area contributed by atoms with Crippen LogP contribution in [0, 0.1) is 13.8 Å². The summed E-state index contributed by atoms with van der Waals surface area (Å²) in [7, 11) is 0. The van der Waals surface area contributed by atoms with E-state index in [1.165, 1.54) is 0 Å². The molecule has 0 fully saturated rings. The second-order valence-corrected chi connectivity index (χ2v) is 3.38. The fraction of sp³-hybridized carbons (Fsp3) is 0.667. The molecule has 1 heterocycles. The third-order valence-electron chi connectivity index (χ3n) is 2.22. The van der Waals surface area contributed by atoms with Crippen molar-refractivity contribution in [3.63, 3.8) is 0 Å². The van der Waals surface area contributed by atoms with Crippen LogP contribution in [0.4, 0.5) is 0 Å². The Balaban J connectivity index is 3.12. The molecule has 0 aromatic carbocycles. The van der Waals surface area contributed by atoms with Gasteiger partial charge in [-0.1, -0.05) is 0 Å². The topological polar surface area (TPSA) is 38.0 Å². The van der Waals surface area contributed by atoms with E-state index in [0.29, 0.717) is 0 Å². The zero-order valence-corrected chi connectivity index (χ0v) is 8.97. The van der Waals surface area contributed by atoms with Gasteiger partial charge in [-0.25, -0.2) is 0 Å². The van der Waals surface area contributed by atoms with E-state index in [1.54, 1.807) is 0 Å². The molecule has 1 aromatic heterocycles. The number of hydrogen-bond donors (Lipinski definition) is 1. The molecule has 0 unspecified atom stereocenters. The van der Waals surface area contributed by atoms with Crippen LogP contribution < -0.4 is 0 Å². The average Bonchev–Trinajstić information content (AvgIpc) is 2.40. The Labute approximate surface area is 83.3 Å². The molecule has 13 heavy (non-hydrogen) atoms. The first-order chi connectivity index (χ1) is 6.11. The summed E-state index contributed by atoms with van der Waals surface area (Å²) in [5.74, 6) is 0.219. The van der Waals surface area contributed by atoms with Gasteiger partial charge < -0.3 is 5.11 Å². The van der Waals surface area contributed by atoms with Gasteiger partial charge >= 0.3 is 0 Å². The number of nitrogens with zero attached hydrogens (tertiary/aromatic N) is 2. The molecule has 4 heteroatoms. The molecule has 0 spiro atoms. The molecule has 0 amide bonds. The monoisotopic (exact) mass is 202 g/mol. The summed E-state index contributed by atoms with van der Waals surface area (Å²) >= 11 is 5.60. The van der Waals surface area contributed by atoms with Gasteiger partial charge in [0, 0.05) is 17.8 Å². The molecule has 1 atom stereocenters. The molecule has 0 saturated carbocycles. The zero-order chi connectivity index (χ0) is 10.0. The molecule has 1 aromatic rings. The number of alkyl halides is 1. The van der Waals surface area contributed by atoms with E-state index in [2.05, 4.69) is 5.10 Å². The highest BCUT2D eigenvalue weighted by Gasteiger charge is 2.17. The van der Waals surface area contributed by atoms with Crippen LogP contribution in [-0.2, 0) is 6.54 Å². The highest BCUT2D eigenvalue weighted by Crippen LogP contribution is 2.22. The maximum absolute atomic E-state index is 9.61. The second-order valence-electron chi connectivity index (χ2n) is 3.07. The molecule has 0 aliphatic rings. The minimum atomic E-state index is -0.595. The Morgan fingerprint density at radius 1 is 1.54 bits per heavy atom. The molecule has 0 radical (unpaired) electrons. The smallest absolute Gasteiger partial charge is 0.0960 e. The molecular formula is C9H15ClN2O. The SMILES string of the molecule is CCn1nc(C)c([C@@H](O)CCl)c1C. The van der Waals surface area contributed by atoms with Crippen LogP contribution in [0.5, 0.6) is 0 Å². The molecule has 1 N–H and O–H groups in total. The molecule has 0 aliphatic heterocycles. The van der Waals surface area contributed by atoms with Gasteiger partial charge in [-0.3, -0.25) is 4.68 Å². The molecule has 3 nitrogen and oxygen atoms in total. The van der Waals surface area contributed by atoms with Gasteiger partial charge in [0.2, 0.25) is 0 Å².